The van der Waals surface area contributed by atoms with Crippen molar-refractivity contribution in [2.45, 2.75) is 82.9 Å². The Balaban J connectivity index is 1.06. The molecule has 1 spiro atoms. The average molecular weight is 694 g/mol. The van der Waals surface area contributed by atoms with E-state index >= 15 is 0 Å². The van der Waals surface area contributed by atoms with Crippen molar-refractivity contribution in [1.29, 1.82) is 0 Å². The largest absolute Gasteiger partial charge is 0.451 e. The predicted octanol–water partition coefficient (Wildman–Crippen LogP) is 4.88. The van der Waals surface area contributed by atoms with Crippen LogP contribution in [0.3, 0.4) is 0 Å². The number of benzene rings is 2. The fraction of sp³-hybridized carbons (Fsp3) is 0.528. The Hall–Kier alpha value is -3.65. The number of carbonyl (C=O) groups excluding carboxylic acids is 1. The zero-order valence-corrected chi connectivity index (χ0v) is 29.7. The number of ether oxygens (including phenoxy) is 1. The van der Waals surface area contributed by atoms with Crippen molar-refractivity contribution in [2.24, 2.45) is 11.1 Å². The monoisotopic (exact) mass is 693 g/mol. The molecule has 2 aromatic carbocycles. The number of sulfonamides is 1. The van der Waals surface area contributed by atoms with Gasteiger partial charge in [0.15, 0.2) is 11.6 Å². The highest BCUT2D eigenvalue weighted by molar-refractivity contribution is 7.89. The lowest BCUT2D eigenvalue weighted by atomic mass is 9.72. The minimum Gasteiger partial charge on any atom is -0.451 e. The summed E-state index contributed by atoms with van der Waals surface area (Å²) in [4.78, 5) is 28.9. The highest BCUT2D eigenvalue weighted by Gasteiger charge is 2.46. The van der Waals surface area contributed by atoms with Gasteiger partial charge >= 0.3 is 0 Å². The molecular formula is C36H48FN7O4S. The van der Waals surface area contributed by atoms with Gasteiger partial charge < -0.3 is 20.3 Å². The summed E-state index contributed by atoms with van der Waals surface area (Å²) < 4.78 is 48.4. The molecule has 0 radical (unpaired) electrons. The number of nitrogens with two attached hydrogens (primary N) is 1. The predicted molar refractivity (Wildman–Crippen MR) is 187 cm³/mol. The third-order valence-corrected chi connectivity index (χ3v) is 11.9. The first-order chi connectivity index (χ1) is 23.3. The van der Waals surface area contributed by atoms with Gasteiger partial charge in [0.2, 0.25) is 10.0 Å². The van der Waals surface area contributed by atoms with E-state index in [4.69, 9.17) is 10.5 Å². The third kappa shape index (κ3) is 7.59. The van der Waals surface area contributed by atoms with Gasteiger partial charge in [-0.2, -0.15) is 4.31 Å². The maximum Gasteiger partial charge on any atom is 0.258 e. The van der Waals surface area contributed by atoms with Crippen LogP contribution in [0.25, 0.3) is 0 Å². The molecule has 0 unspecified atom stereocenters. The van der Waals surface area contributed by atoms with Crippen molar-refractivity contribution in [2.75, 3.05) is 44.2 Å². The van der Waals surface area contributed by atoms with E-state index in [1.807, 2.05) is 39.8 Å². The van der Waals surface area contributed by atoms with E-state index in [2.05, 4.69) is 19.8 Å². The van der Waals surface area contributed by atoms with Gasteiger partial charge in [-0.1, -0.05) is 12.1 Å². The maximum absolute atomic E-state index is 14.4. The quantitative estimate of drug-likeness (QED) is 0.316. The van der Waals surface area contributed by atoms with Crippen LogP contribution in [0.1, 0.15) is 69.3 Å². The summed E-state index contributed by atoms with van der Waals surface area (Å²) in [5, 5.41) is 0. The lowest BCUT2D eigenvalue weighted by Crippen LogP contribution is -2.60. The number of hydrogen-bond donors (Lipinski definition) is 1. The summed E-state index contributed by atoms with van der Waals surface area (Å²) in [6, 6.07) is 11.0. The number of nitrogens with zero attached hydrogens (tertiary/aromatic N) is 6. The van der Waals surface area contributed by atoms with Gasteiger partial charge in [0.05, 0.1) is 16.7 Å². The second kappa shape index (κ2) is 14.3. The molecule has 1 atom stereocenters. The van der Waals surface area contributed by atoms with E-state index in [1.54, 1.807) is 23.2 Å². The molecule has 6 rings (SSSR count). The van der Waals surface area contributed by atoms with Crippen molar-refractivity contribution in [3.05, 3.63) is 71.9 Å². The number of halogens is 1. The van der Waals surface area contributed by atoms with Crippen LogP contribution < -0.4 is 15.4 Å². The summed E-state index contributed by atoms with van der Waals surface area (Å²) in [5.41, 5.74) is 7.44. The van der Waals surface area contributed by atoms with Crippen LogP contribution in [0.15, 0.2) is 59.9 Å². The third-order valence-electron chi connectivity index (χ3n) is 10.1. The highest BCUT2D eigenvalue weighted by atomic mass is 32.2. The molecule has 2 N–H and O–H groups in total. The molecule has 3 saturated heterocycles. The van der Waals surface area contributed by atoms with Crippen molar-refractivity contribution in [1.82, 2.24) is 24.1 Å². The standard InChI is InChI=1S/C36H48FN7O4S/c1-25(2)44(26(3)4)35(45)31-18-28(37)9-12-32(31)48-33-19-39-24-40-34(33)42-22-36(23-42)13-16-41(17-14-36)20-27-7-10-30(11-8-27)49(46,47)43-15-5-6-29(38)21-43/h7-12,18-19,24-26,29H,5-6,13-17,20-23,38H2,1-4H3/t29-/m1/s1. The van der Waals surface area contributed by atoms with Crippen molar-refractivity contribution in [3.63, 3.8) is 0 Å². The molecule has 3 aromatic rings. The Morgan fingerprint density at radius 2 is 1.73 bits per heavy atom. The average Bonchev–Trinajstić information content (AvgIpc) is 3.05. The molecule has 49 heavy (non-hydrogen) atoms. The van der Waals surface area contributed by atoms with E-state index in [0.717, 1.165) is 64.0 Å². The fourth-order valence-electron chi connectivity index (χ4n) is 7.48. The first kappa shape index (κ1) is 35.2. The lowest BCUT2D eigenvalue weighted by molar-refractivity contribution is 0.0640. The van der Waals surface area contributed by atoms with Crippen LogP contribution in [0.2, 0.25) is 0 Å². The van der Waals surface area contributed by atoms with Gasteiger partial charge in [-0.15, -0.1) is 0 Å². The second-order valence-corrected chi connectivity index (χ2v) is 16.3. The summed E-state index contributed by atoms with van der Waals surface area (Å²) in [5.74, 6) is 0.531. The maximum atomic E-state index is 14.4. The molecule has 0 aliphatic carbocycles. The Morgan fingerprint density at radius 1 is 1.04 bits per heavy atom. The van der Waals surface area contributed by atoms with Gasteiger partial charge in [-0.3, -0.25) is 9.69 Å². The molecule has 3 aliphatic rings. The first-order valence-electron chi connectivity index (χ1n) is 17.3. The van der Waals surface area contributed by atoms with Crippen LogP contribution in [0.4, 0.5) is 10.2 Å². The Kier molecular flexibility index (Phi) is 10.3. The number of rotatable bonds is 10. The van der Waals surface area contributed by atoms with Crippen LogP contribution in [0.5, 0.6) is 11.5 Å². The molecule has 1 amide bonds. The van der Waals surface area contributed by atoms with Crippen LogP contribution >= 0.6 is 0 Å². The van der Waals surface area contributed by atoms with Crippen LogP contribution in [-0.4, -0.2) is 95.8 Å². The van der Waals surface area contributed by atoms with Crippen molar-refractivity contribution < 1.29 is 22.3 Å². The van der Waals surface area contributed by atoms with Crippen molar-refractivity contribution in [3.8, 4) is 11.5 Å². The molecule has 264 valence electrons. The van der Waals surface area contributed by atoms with Gasteiger partial charge in [0, 0.05) is 56.3 Å². The molecular weight excluding hydrogens is 646 g/mol. The SMILES string of the molecule is CC(C)N(C(=O)c1cc(F)ccc1Oc1cncnc1N1CC2(CCN(Cc3ccc(S(=O)(=O)N4CCC[C@@H](N)C4)cc3)CC2)C1)C(C)C. The van der Waals surface area contributed by atoms with E-state index in [-0.39, 0.29) is 40.8 Å². The molecule has 4 heterocycles. The smallest absolute Gasteiger partial charge is 0.258 e. The fourth-order valence-corrected chi connectivity index (χ4v) is 9.02. The summed E-state index contributed by atoms with van der Waals surface area (Å²) in [6.07, 6.45) is 6.79. The zero-order valence-electron chi connectivity index (χ0n) is 28.9. The number of likely N-dealkylation sites (tertiary alicyclic amines) is 1. The van der Waals surface area contributed by atoms with Gasteiger partial charge in [0.1, 0.15) is 17.9 Å². The summed E-state index contributed by atoms with van der Waals surface area (Å²) in [7, 11) is -3.54. The number of carbonyl (C=O) groups is 1. The molecule has 3 aliphatic heterocycles. The first-order valence-corrected chi connectivity index (χ1v) is 18.7. The van der Waals surface area contributed by atoms with Gasteiger partial charge in [0.25, 0.3) is 5.91 Å². The normalized spacial score (nSPS) is 20.1. The van der Waals surface area contributed by atoms with E-state index < -0.39 is 15.8 Å². The number of amides is 1. The minimum atomic E-state index is -3.54. The molecule has 3 fully saturated rings. The Labute approximate surface area is 289 Å². The van der Waals surface area contributed by atoms with Gasteiger partial charge in [-0.05, 0) is 102 Å². The number of hydrogen-bond acceptors (Lipinski definition) is 9. The van der Waals surface area contributed by atoms with Crippen LogP contribution in [0, 0.1) is 11.2 Å². The lowest BCUT2D eigenvalue weighted by Gasteiger charge is -2.54. The second-order valence-electron chi connectivity index (χ2n) is 14.4. The van der Waals surface area contributed by atoms with Gasteiger partial charge in [-0.25, -0.2) is 22.8 Å². The van der Waals surface area contributed by atoms with E-state index in [9.17, 15) is 17.6 Å². The number of aromatic nitrogens is 2. The number of piperidine rings is 2. The highest BCUT2D eigenvalue weighted by Crippen LogP contribution is 2.45. The summed E-state index contributed by atoms with van der Waals surface area (Å²) >= 11 is 0. The number of anilines is 1. The molecule has 0 bridgehead atoms. The molecule has 1 aromatic heterocycles. The summed E-state index contributed by atoms with van der Waals surface area (Å²) in [6.45, 7) is 12.9. The minimum absolute atomic E-state index is 0.0723. The van der Waals surface area contributed by atoms with E-state index in [1.165, 1.54) is 28.8 Å². The Morgan fingerprint density at radius 3 is 2.39 bits per heavy atom. The van der Waals surface area contributed by atoms with Crippen LogP contribution in [-0.2, 0) is 16.6 Å². The van der Waals surface area contributed by atoms with Crippen molar-refractivity contribution >= 4 is 21.7 Å². The Bertz CT molecular complexity index is 1730. The topological polar surface area (TPSA) is 125 Å². The molecule has 13 heteroatoms. The molecule has 11 nitrogen and oxygen atoms in total. The zero-order chi connectivity index (χ0) is 34.9. The molecule has 0 saturated carbocycles. The van der Waals surface area contributed by atoms with E-state index in [0.29, 0.717) is 29.6 Å².